The standard InChI is InChI=1S/C20H27NO5/c1-13(2)16(18(23)26-20(3,4)5)15-11-21(17(15)22)19(24)25-12-14-9-7-6-8-10-14/h6-10,13,15-16H,11-12H2,1-5H3. The smallest absolute Gasteiger partial charge is 0.416 e. The molecule has 1 aromatic carbocycles. The molecule has 2 amide bonds. The van der Waals surface area contributed by atoms with Gasteiger partial charge in [-0.05, 0) is 32.3 Å². The second-order valence-electron chi connectivity index (χ2n) is 7.90. The number of imide groups is 1. The quantitative estimate of drug-likeness (QED) is 0.594. The van der Waals surface area contributed by atoms with Gasteiger partial charge >= 0.3 is 12.1 Å². The van der Waals surface area contributed by atoms with E-state index in [-0.39, 0.29) is 25.0 Å². The third kappa shape index (κ3) is 4.84. The summed E-state index contributed by atoms with van der Waals surface area (Å²) in [4.78, 5) is 38.1. The van der Waals surface area contributed by atoms with Crippen LogP contribution >= 0.6 is 0 Å². The van der Waals surface area contributed by atoms with E-state index < -0.39 is 29.5 Å². The Labute approximate surface area is 154 Å². The summed E-state index contributed by atoms with van der Waals surface area (Å²) in [5.41, 5.74) is 0.227. The van der Waals surface area contributed by atoms with Crippen molar-refractivity contribution in [2.45, 2.75) is 46.8 Å². The SMILES string of the molecule is CC(C)C(C(=O)OC(C)(C)C)C1CN(C(=O)OCc2ccccc2)C1=O. The van der Waals surface area contributed by atoms with E-state index in [2.05, 4.69) is 0 Å². The molecule has 2 atom stereocenters. The Morgan fingerprint density at radius 3 is 2.31 bits per heavy atom. The number of carbonyl (C=O) groups excluding carboxylic acids is 3. The summed E-state index contributed by atoms with van der Waals surface area (Å²) in [5, 5.41) is 0. The first-order chi connectivity index (χ1) is 12.1. The third-order valence-corrected chi connectivity index (χ3v) is 4.22. The summed E-state index contributed by atoms with van der Waals surface area (Å²) in [6, 6.07) is 9.25. The molecule has 2 unspecified atom stereocenters. The average Bonchev–Trinajstić information content (AvgIpc) is 2.54. The molecule has 1 saturated heterocycles. The van der Waals surface area contributed by atoms with Gasteiger partial charge in [0.1, 0.15) is 12.2 Å². The zero-order chi connectivity index (χ0) is 19.5. The Balaban J connectivity index is 1.94. The van der Waals surface area contributed by atoms with Gasteiger partial charge < -0.3 is 9.47 Å². The first-order valence-corrected chi connectivity index (χ1v) is 8.85. The van der Waals surface area contributed by atoms with E-state index in [1.807, 2.05) is 44.2 Å². The van der Waals surface area contributed by atoms with Crippen LogP contribution in [0.4, 0.5) is 4.79 Å². The van der Waals surface area contributed by atoms with Gasteiger partial charge in [0.25, 0.3) is 0 Å². The predicted molar refractivity (Wildman–Crippen MR) is 96.0 cm³/mol. The fourth-order valence-electron chi connectivity index (χ4n) is 2.95. The molecule has 2 rings (SSSR count). The van der Waals surface area contributed by atoms with Crippen molar-refractivity contribution in [3.63, 3.8) is 0 Å². The number of amides is 2. The lowest BCUT2D eigenvalue weighted by atomic mass is 9.78. The fraction of sp³-hybridized carbons (Fsp3) is 0.550. The molecule has 0 saturated carbocycles. The Hall–Kier alpha value is -2.37. The Bertz CT molecular complexity index is 663. The minimum Gasteiger partial charge on any atom is -0.460 e. The lowest BCUT2D eigenvalue weighted by molar-refractivity contribution is -0.172. The molecule has 142 valence electrons. The summed E-state index contributed by atoms with van der Waals surface area (Å²) >= 11 is 0. The van der Waals surface area contributed by atoms with E-state index >= 15 is 0 Å². The van der Waals surface area contributed by atoms with Crippen LogP contribution in [0.25, 0.3) is 0 Å². The van der Waals surface area contributed by atoms with Crippen LogP contribution in [0, 0.1) is 17.8 Å². The molecule has 0 spiro atoms. The number of benzene rings is 1. The van der Waals surface area contributed by atoms with Crippen LogP contribution in [0.5, 0.6) is 0 Å². The molecule has 1 heterocycles. The molecule has 26 heavy (non-hydrogen) atoms. The maximum absolute atomic E-state index is 12.5. The van der Waals surface area contributed by atoms with Gasteiger partial charge in [-0.2, -0.15) is 0 Å². The number of hydrogen-bond donors (Lipinski definition) is 0. The van der Waals surface area contributed by atoms with Crippen molar-refractivity contribution in [2.75, 3.05) is 6.54 Å². The van der Waals surface area contributed by atoms with Crippen molar-refractivity contribution in [1.29, 1.82) is 0 Å². The van der Waals surface area contributed by atoms with E-state index in [9.17, 15) is 14.4 Å². The van der Waals surface area contributed by atoms with Crippen LogP contribution in [0.15, 0.2) is 30.3 Å². The fourth-order valence-corrected chi connectivity index (χ4v) is 2.95. The van der Waals surface area contributed by atoms with Crippen LogP contribution in [0.3, 0.4) is 0 Å². The van der Waals surface area contributed by atoms with Crippen molar-refractivity contribution in [2.24, 2.45) is 17.8 Å². The van der Waals surface area contributed by atoms with Gasteiger partial charge in [0.05, 0.1) is 11.8 Å². The number of hydrogen-bond acceptors (Lipinski definition) is 5. The summed E-state index contributed by atoms with van der Waals surface area (Å²) in [6.07, 6.45) is -0.679. The normalized spacial score (nSPS) is 18.3. The van der Waals surface area contributed by atoms with Crippen molar-refractivity contribution < 1.29 is 23.9 Å². The summed E-state index contributed by atoms with van der Waals surface area (Å²) in [7, 11) is 0. The summed E-state index contributed by atoms with van der Waals surface area (Å²) < 4.78 is 10.6. The monoisotopic (exact) mass is 361 g/mol. The molecule has 0 radical (unpaired) electrons. The molecule has 0 bridgehead atoms. The van der Waals surface area contributed by atoms with Crippen molar-refractivity contribution in [3.8, 4) is 0 Å². The topological polar surface area (TPSA) is 72.9 Å². The highest BCUT2D eigenvalue weighted by molar-refractivity contribution is 6.00. The number of ether oxygens (including phenoxy) is 2. The Morgan fingerprint density at radius 2 is 1.81 bits per heavy atom. The van der Waals surface area contributed by atoms with E-state index in [1.54, 1.807) is 20.8 Å². The molecular formula is C20H27NO5. The molecule has 1 fully saturated rings. The molecule has 1 aromatic rings. The molecule has 0 N–H and O–H groups in total. The van der Waals surface area contributed by atoms with Crippen molar-refractivity contribution >= 4 is 18.0 Å². The number of rotatable bonds is 5. The van der Waals surface area contributed by atoms with E-state index in [4.69, 9.17) is 9.47 Å². The predicted octanol–water partition coefficient (Wildman–Crippen LogP) is 3.40. The van der Waals surface area contributed by atoms with Gasteiger partial charge in [-0.15, -0.1) is 0 Å². The first kappa shape index (κ1) is 19.9. The summed E-state index contributed by atoms with van der Waals surface area (Å²) in [5.74, 6) is -1.97. The van der Waals surface area contributed by atoms with Crippen LogP contribution in [0.2, 0.25) is 0 Å². The third-order valence-electron chi connectivity index (χ3n) is 4.22. The number of nitrogens with zero attached hydrogens (tertiary/aromatic N) is 1. The van der Waals surface area contributed by atoms with Crippen LogP contribution in [-0.2, 0) is 25.7 Å². The Kier molecular flexibility index (Phi) is 6.05. The van der Waals surface area contributed by atoms with Crippen molar-refractivity contribution in [1.82, 2.24) is 4.90 Å². The molecule has 1 aliphatic heterocycles. The van der Waals surface area contributed by atoms with Crippen molar-refractivity contribution in [3.05, 3.63) is 35.9 Å². The minimum absolute atomic E-state index is 0.0683. The summed E-state index contributed by atoms with van der Waals surface area (Å²) in [6.45, 7) is 9.40. The van der Waals surface area contributed by atoms with Crippen LogP contribution in [-0.4, -0.2) is 35.0 Å². The van der Waals surface area contributed by atoms with Crippen LogP contribution in [0.1, 0.15) is 40.2 Å². The van der Waals surface area contributed by atoms with Gasteiger partial charge in [0.2, 0.25) is 5.91 Å². The van der Waals surface area contributed by atoms with Gasteiger partial charge in [0, 0.05) is 6.54 Å². The van der Waals surface area contributed by atoms with Gasteiger partial charge in [-0.1, -0.05) is 44.2 Å². The Morgan fingerprint density at radius 1 is 1.19 bits per heavy atom. The first-order valence-electron chi connectivity index (χ1n) is 8.85. The molecular weight excluding hydrogens is 334 g/mol. The number of β-lactam (4-membered cyclic amide) rings is 1. The maximum atomic E-state index is 12.5. The largest absolute Gasteiger partial charge is 0.460 e. The highest BCUT2D eigenvalue weighted by Gasteiger charge is 2.50. The maximum Gasteiger partial charge on any atom is 0.416 e. The number of likely N-dealkylation sites (tertiary alicyclic amines) is 1. The second kappa shape index (κ2) is 7.89. The van der Waals surface area contributed by atoms with Gasteiger partial charge in [-0.3, -0.25) is 9.59 Å². The highest BCUT2D eigenvalue weighted by atomic mass is 16.6. The van der Waals surface area contributed by atoms with Gasteiger partial charge in [0.15, 0.2) is 0 Å². The molecule has 6 nitrogen and oxygen atoms in total. The number of esters is 1. The van der Waals surface area contributed by atoms with Gasteiger partial charge in [-0.25, -0.2) is 9.69 Å². The lowest BCUT2D eigenvalue weighted by Gasteiger charge is -2.41. The van der Waals surface area contributed by atoms with E-state index in [0.29, 0.717) is 0 Å². The molecule has 1 aliphatic rings. The average molecular weight is 361 g/mol. The van der Waals surface area contributed by atoms with Crippen LogP contribution < -0.4 is 0 Å². The zero-order valence-corrected chi connectivity index (χ0v) is 16.0. The van der Waals surface area contributed by atoms with E-state index in [0.717, 1.165) is 10.5 Å². The highest BCUT2D eigenvalue weighted by Crippen LogP contribution is 2.33. The molecule has 0 aromatic heterocycles. The minimum atomic E-state index is -0.679. The molecule has 0 aliphatic carbocycles. The lowest BCUT2D eigenvalue weighted by Crippen LogP contribution is -2.60. The number of carbonyl (C=O) groups is 3. The second-order valence-corrected chi connectivity index (χ2v) is 7.90. The van der Waals surface area contributed by atoms with E-state index in [1.165, 1.54) is 0 Å². The zero-order valence-electron chi connectivity index (χ0n) is 16.0. The molecule has 6 heteroatoms.